The summed E-state index contributed by atoms with van der Waals surface area (Å²) >= 11 is 3.56. The molecular weight excluding hydrogens is 228 g/mol. The number of rotatable bonds is 6. The predicted molar refractivity (Wildman–Crippen MR) is 69.7 cm³/mol. The predicted octanol–water partition coefficient (Wildman–Crippen LogP) is 0.951. The zero-order valence-electron chi connectivity index (χ0n) is 9.25. The number of carbonyl (C=O) groups excluding carboxylic acids is 1. The molecule has 1 saturated heterocycles. The summed E-state index contributed by atoms with van der Waals surface area (Å²) in [5, 5.41) is 6.93. The third-order valence-corrected chi connectivity index (χ3v) is 4.35. The highest BCUT2D eigenvalue weighted by Gasteiger charge is 2.14. The highest BCUT2D eigenvalue weighted by molar-refractivity contribution is 8.00. The third-order valence-electron chi connectivity index (χ3n) is 2.36. The molecule has 88 valence electrons. The van der Waals surface area contributed by atoms with Crippen LogP contribution in [0.2, 0.25) is 0 Å². The smallest absolute Gasteiger partial charge is 0.230 e. The average Bonchev–Trinajstić information content (AvgIpc) is 2.28. The zero-order chi connectivity index (χ0) is 10.9. The van der Waals surface area contributed by atoms with E-state index in [-0.39, 0.29) is 5.91 Å². The first-order valence-corrected chi connectivity index (χ1v) is 7.85. The van der Waals surface area contributed by atoms with Crippen molar-refractivity contribution in [3.8, 4) is 0 Å². The van der Waals surface area contributed by atoms with Gasteiger partial charge in [0.2, 0.25) is 5.91 Å². The molecule has 1 rings (SSSR count). The van der Waals surface area contributed by atoms with Crippen molar-refractivity contribution < 1.29 is 4.79 Å². The van der Waals surface area contributed by atoms with E-state index in [1.165, 1.54) is 12.8 Å². The van der Waals surface area contributed by atoms with Crippen LogP contribution in [0.25, 0.3) is 0 Å². The fourth-order valence-electron chi connectivity index (χ4n) is 1.50. The van der Waals surface area contributed by atoms with Crippen molar-refractivity contribution in [3.63, 3.8) is 0 Å². The SMILES string of the molecule is CSCCNC(=O)CSC1CCNCC1. The number of piperidine rings is 1. The van der Waals surface area contributed by atoms with Gasteiger partial charge in [0.1, 0.15) is 0 Å². The van der Waals surface area contributed by atoms with Gasteiger partial charge in [-0.15, -0.1) is 11.8 Å². The number of hydrogen-bond donors (Lipinski definition) is 2. The molecule has 1 heterocycles. The molecule has 0 aromatic heterocycles. The van der Waals surface area contributed by atoms with Gasteiger partial charge in [0.25, 0.3) is 0 Å². The minimum Gasteiger partial charge on any atom is -0.355 e. The molecule has 0 aromatic carbocycles. The highest BCUT2D eigenvalue weighted by Crippen LogP contribution is 2.19. The van der Waals surface area contributed by atoms with E-state index in [0.717, 1.165) is 25.4 Å². The Balaban J connectivity index is 2.00. The summed E-state index contributed by atoms with van der Waals surface area (Å²) in [4.78, 5) is 11.4. The minimum atomic E-state index is 0.188. The molecule has 0 aromatic rings. The maximum Gasteiger partial charge on any atom is 0.230 e. The summed E-state index contributed by atoms with van der Waals surface area (Å²) < 4.78 is 0. The second-order valence-electron chi connectivity index (χ2n) is 3.60. The Labute approximate surface area is 101 Å². The van der Waals surface area contributed by atoms with Crippen LogP contribution < -0.4 is 10.6 Å². The second kappa shape index (κ2) is 8.30. The van der Waals surface area contributed by atoms with Crippen LogP contribution >= 0.6 is 23.5 Å². The summed E-state index contributed by atoms with van der Waals surface area (Å²) in [6.45, 7) is 3.00. The van der Waals surface area contributed by atoms with Gasteiger partial charge in [0, 0.05) is 17.5 Å². The molecule has 1 aliphatic rings. The van der Waals surface area contributed by atoms with Crippen molar-refractivity contribution >= 4 is 29.4 Å². The number of nitrogens with one attached hydrogen (secondary N) is 2. The first-order valence-electron chi connectivity index (χ1n) is 5.41. The van der Waals surface area contributed by atoms with Crippen LogP contribution in [-0.4, -0.2) is 48.6 Å². The molecular formula is C10H20N2OS2. The molecule has 3 nitrogen and oxygen atoms in total. The van der Waals surface area contributed by atoms with Gasteiger partial charge in [0.05, 0.1) is 5.75 Å². The van der Waals surface area contributed by atoms with Crippen LogP contribution in [0.5, 0.6) is 0 Å². The van der Waals surface area contributed by atoms with Gasteiger partial charge in [-0.3, -0.25) is 4.79 Å². The normalized spacial score (nSPS) is 17.7. The molecule has 5 heteroatoms. The van der Waals surface area contributed by atoms with Gasteiger partial charge >= 0.3 is 0 Å². The van der Waals surface area contributed by atoms with E-state index in [0.29, 0.717) is 11.0 Å². The Hall–Kier alpha value is 0.130. The molecule has 0 saturated carbocycles. The maximum atomic E-state index is 11.4. The number of amides is 1. The van der Waals surface area contributed by atoms with Gasteiger partial charge in [0.15, 0.2) is 0 Å². The zero-order valence-corrected chi connectivity index (χ0v) is 10.9. The van der Waals surface area contributed by atoms with Crippen molar-refractivity contribution in [3.05, 3.63) is 0 Å². The lowest BCUT2D eigenvalue weighted by molar-refractivity contribution is -0.118. The molecule has 0 bridgehead atoms. The lowest BCUT2D eigenvalue weighted by atomic mass is 10.2. The summed E-state index contributed by atoms with van der Waals surface area (Å²) in [6, 6.07) is 0. The molecule has 1 amide bonds. The van der Waals surface area contributed by atoms with Gasteiger partial charge in [-0.25, -0.2) is 0 Å². The highest BCUT2D eigenvalue weighted by atomic mass is 32.2. The maximum absolute atomic E-state index is 11.4. The van der Waals surface area contributed by atoms with Gasteiger partial charge in [-0.2, -0.15) is 11.8 Å². The van der Waals surface area contributed by atoms with Crippen molar-refractivity contribution in [1.82, 2.24) is 10.6 Å². The standard InChI is InChI=1S/C10H20N2OS2/c1-14-7-6-12-10(13)8-15-9-2-4-11-5-3-9/h9,11H,2-8H2,1H3,(H,12,13). The van der Waals surface area contributed by atoms with E-state index < -0.39 is 0 Å². The van der Waals surface area contributed by atoms with Crippen molar-refractivity contribution in [1.29, 1.82) is 0 Å². The van der Waals surface area contributed by atoms with Crippen LogP contribution in [0.1, 0.15) is 12.8 Å². The third kappa shape index (κ3) is 6.33. The molecule has 0 radical (unpaired) electrons. The minimum absolute atomic E-state index is 0.188. The fraction of sp³-hybridized carbons (Fsp3) is 0.900. The molecule has 0 spiro atoms. The Morgan fingerprint density at radius 3 is 2.87 bits per heavy atom. The lowest BCUT2D eigenvalue weighted by Crippen LogP contribution is -2.32. The molecule has 2 N–H and O–H groups in total. The van der Waals surface area contributed by atoms with Crippen molar-refractivity contribution in [2.24, 2.45) is 0 Å². The Kier molecular flexibility index (Phi) is 7.30. The number of thioether (sulfide) groups is 2. The van der Waals surface area contributed by atoms with Crippen LogP contribution in [-0.2, 0) is 4.79 Å². The van der Waals surface area contributed by atoms with E-state index in [1.54, 1.807) is 23.5 Å². The van der Waals surface area contributed by atoms with E-state index in [9.17, 15) is 4.79 Å². The summed E-state index contributed by atoms with van der Waals surface area (Å²) in [6.07, 6.45) is 4.45. The van der Waals surface area contributed by atoms with Gasteiger partial charge in [-0.05, 0) is 32.2 Å². The quantitative estimate of drug-likeness (QED) is 0.687. The summed E-state index contributed by atoms with van der Waals surface area (Å²) in [5.41, 5.74) is 0. The Bertz CT molecular complexity index is 184. The van der Waals surface area contributed by atoms with Crippen LogP contribution in [0.4, 0.5) is 0 Å². The van der Waals surface area contributed by atoms with Gasteiger partial charge in [-0.1, -0.05) is 0 Å². The molecule has 0 aliphatic carbocycles. The van der Waals surface area contributed by atoms with E-state index in [1.807, 2.05) is 0 Å². The van der Waals surface area contributed by atoms with E-state index in [4.69, 9.17) is 0 Å². The van der Waals surface area contributed by atoms with Gasteiger partial charge < -0.3 is 10.6 Å². The molecule has 1 fully saturated rings. The average molecular weight is 248 g/mol. The largest absolute Gasteiger partial charge is 0.355 e. The van der Waals surface area contributed by atoms with Crippen molar-refractivity contribution in [2.75, 3.05) is 37.4 Å². The Morgan fingerprint density at radius 2 is 2.20 bits per heavy atom. The molecule has 0 atom stereocenters. The molecule has 15 heavy (non-hydrogen) atoms. The topological polar surface area (TPSA) is 41.1 Å². The van der Waals surface area contributed by atoms with E-state index in [2.05, 4.69) is 16.9 Å². The van der Waals surface area contributed by atoms with E-state index >= 15 is 0 Å². The van der Waals surface area contributed by atoms with Crippen LogP contribution in [0.3, 0.4) is 0 Å². The summed E-state index contributed by atoms with van der Waals surface area (Å²) in [7, 11) is 0. The lowest BCUT2D eigenvalue weighted by Gasteiger charge is -2.21. The van der Waals surface area contributed by atoms with Crippen LogP contribution in [0, 0.1) is 0 Å². The number of carbonyl (C=O) groups is 1. The monoisotopic (exact) mass is 248 g/mol. The number of hydrogen-bond acceptors (Lipinski definition) is 4. The van der Waals surface area contributed by atoms with Crippen LogP contribution in [0.15, 0.2) is 0 Å². The second-order valence-corrected chi connectivity index (χ2v) is 5.88. The van der Waals surface area contributed by atoms with Crippen molar-refractivity contribution in [2.45, 2.75) is 18.1 Å². The fourth-order valence-corrected chi connectivity index (χ4v) is 2.86. The Morgan fingerprint density at radius 1 is 1.47 bits per heavy atom. The first kappa shape index (κ1) is 13.2. The first-order chi connectivity index (χ1) is 7.33. The molecule has 0 unspecified atom stereocenters. The summed E-state index contributed by atoms with van der Waals surface area (Å²) in [5.74, 6) is 1.82. The molecule has 1 aliphatic heterocycles.